The van der Waals surface area contributed by atoms with Crippen LogP contribution in [0, 0.1) is 12.7 Å². The van der Waals surface area contributed by atoms with Crippen LogP contribution in [0.15, 0.2) is 45.6 Å². The van der Waals surface area contributed by atoms with Crippen molar-refractivity contribution in [2.24, 2.45) is 0 Å². The molecule has 0 radical (unpaired) electrons. The first kappa shape index (κ1) is 17.5. The summed E-state index contributed by atoms with van der Waals surface area (Å²) >= 11 is 2.72. The summed E-state index contributed by atoms with van der Waals surface area (Å²) in [5.74, 6) is -0.179. The van der Waals surface area contributed by atoms with Crippen LogP contribution in [-0.2, 0) is 11.3 Å². The van der Waals surface area contributed by atoms with E-state index in [1.807, 2.05) is 16.8 Å². The molecule has 9 heteroatoms. The van der Waals surface area contributed by atoms with Crippen LogP contribution in [-0.4, -0.2) is 21.1 Å². The SMILES string of the molecule is Cc1nc(-c2ccc(F)cc2)sc1C(=O)OCc1nc(-c2ccsc2)no1. The maximum Gasteiger partial charge on any atom is 0.350 e. The highest BCUT2D eigenvalue weighted by atomic mass is 32.1. The van der Waals surface area contributed by atoms with Crippen LogP contribution in [0.5, 0.6) is 0 Å². The van der Waals surface area contributed by atoms with Crippen LogP contribution < -0.4 is 0 Å². The standard InChI is InChI=1S/C18H12FN3O3S2/c1-10-15(27-17(20-10)11-2-4-13(19)5-3-11)18(23)24-8-14-21-16(22-25-14)12-6-7-26-9-12/h2-7,9H,8H2,1H3. The normalized spacial score (nSPS) is 10.9. The summed E-state index contributed by atoms with van der Waals surface area (Å²) in [6.45, 7) is 1.60. The Bertz CT molecular complexity index is 1070. The second-order valence-corrected chi connectivity index (χ2v) is 7.32. The zero-order valence-electron chi connectivity index (χ0n) is 14.0. The summed E-state index contributed by atoms with van der Waals surface area (Å²) in [6.07, 6.45) is 0. The number of thiazole rings is 1. The number of thiophene rings is 1. The molecule has 0 unspecified atom stereocenters. The van der Waals surface area contributed by atoms with Crippen molar-refractivity contribution in [3.8, 4) is 22.0 Å². The predicted molar refractivity (Wildman–Crippen MR) is 99.0 cm³/mol. The third-order valence-corrected chi connectivity index (χ3v) is 5.52. The molecule has 0 aliphatic heterocycles. The zero-order valence-corrected chi connectivity index (χ0v) is 15.6. The lowest BCUT2D eigenvalue weighted by atomic mass is 10.2. The average Bonchev–Trinajstić information content (AvgIpc) is 3.40. The lowest BCUT2D eigenvalue weighted by Crippen LogP contribution is -2.05. The zero-order chi connectivity index (χ0) is 18.8. The molecule has 27 heavy (non-hydrogen) atoms. The van der Waals surface area contributed by atoms with E-state index < -0.39 is 5.97 Å². The van der Waals surface area contributed by atoms with Gasteiger partial charge in [0, 0.05) is 16.5 Å². The highest BCUT2D eigenvalue weighted by Crippen LogP contribution is 2.29. The molecule has 0 spiro atoms. The van der Waals surface area contributed by atoms with E-state index in [1.54, 1.807) is 19.1 Å². The van der Waals surface area contributed by atoms with Gasteiger partial charge in [-0.1, -0.05) is 5.16 Å². The van der Waals surface area contributed by atoms with Crippen molar-refractivity contribution in [1.82, 2.24) is 15.1 Å². The Kier molecular flexibility index (Phi) is 4.78. The molecule has 0 aliphatic carbocycles. The molecule has 3 aromatic heterocycles. The molecule has 6 nitrogen and oxygen atoms in total. The van der Waals surface area contributed by atoms with E-state index in [9.17, 15) is 9.18 Å². The van der Waals surface area contributed by atoms with Gasteiger partial charge in [0.1, 0.15) is 15.7 Å². The quantitative estimate of drug-likeness (QED) is 0.450. The summed E-state index contributed by atoms with van der Waals surface area (Å²) in [5, 5.41) is 8.30. The summed E-state index contributed by atoms with van der Waals surface area (Å²) in [4.78, 5) is 21.3. The molecule has 0 fully saturated rings. The van der Waals surface area contributed by atoms with Crippen molar-refractivity contribution < 1.29 is 18.4 Å². The fraction of sp³-hybridized carbons (Fsp3) is 0.111. The molecule has 0 aliphatic rings. The Morgan fingerprint density at radius 3 is 2.74 bits per heavy atom. The van der Waals surface area contributed by atoms with E-state index in [0.29, 0.717) is 21.4 Å². The number of aryl methyl sites for hydroxylation is 1. The number of esters is 1. The van der Waals surface area contributed by atoms with E-state index in [2.05, 4.69) is 15.1 Å². The molecule has 0 atom stereocenters. The van der Waals surface area contributed by atoms with Gasteiger partial charge < -0.3 is 9.26 Å². The van der Waals surface area contributed by atoms with Gasteiger partial charge in [0.25, 0.3) is 5.89 Å². The molecule has 0 saturated carbocycles. The number of benzene rings is 1. The Morgan fingerprint density at radius 2 is 2.00 bits per heavy atom. The summed E-state index contributed by atoms with van der Waals surface area (Å²) in [7, 11) is 0. The Hall–Kier alpha value is -2.91. The lowest BCUT2D eigenvalue weighted by Gasteiger charge is -1.99. The molecular formula is C18H12FN3O3S2. The minimum Gasteiger partial charge on any atom is -0.451 e. The van der Waals surface area contributed by atoms with Gasteiger partial charge in [-0.3, -0.25) is 0 Å². The first-order valence-corrected chi connectivity index (χ1v) is 9.62. The number of halogens is 1. The highest BCUT2D eigenvalue weighted by molar-refractivity contribution is 7.17. The fourth-order valence-corrected chi connectivity index (χ4v) is 3.92. The molecular weight excluding hydrogens is 389 g/mol. The number of hydrogen-bond donors (Lipinski definition) is 0. The Balaban J connectivity index is 1.45. The molecule has 3 heterocycles. The van der Waals surface area contributed by atoms with Crippen LogP contribution in [0.1, 0.15) is 21.3 Å². The Labute approximate surface area is 161 Å². The van der Waals surface area contributed by atoms with Gasteiger partial charge in [-0.2, -0.15) is 16.3 Å². The number of rotatable bonds is 5. The van der Waals surface area contributed by atoms with Crippen molar-refractivity contribution in [1.29, 1.82) is 0 Å². The van der Waals surface area contributed by atoms with Crippen molar-refractivity contribution in [2.75, 3.05) is 0 Å². The van der Waals surface area contributed by atoms with Crippen molar-refractivity contribution in [2.45, 2.75) is 13.5 Å². The van der Waals surface area contributed by atoms with Gasteiger partial charge >= 0.3 is 5.97 Å². The third-order valence-electron chi connectivity index (χ3n) is 3.65. The molecule has 0 saturated heterocycles. The van der Waals surface area contributed by atoms with Gasteiger partial charge in [0.2, 0.25) is 5.82 Å². The summed E-state index contributed by atoms with van der Waals surface area (Å²) in [6, 6.07) is 7.82. The maximum atomic E-state index is 13.1. The molecule has 0 N–H and O–H groups in total. The number of ether oxygens (including phenoxy) is 1. The number of nitrogens with zero attached hydrogens (tertiary/aromatic N) is 3. The van der Waals surface area contributed by atoms with Crippen LogP contribution >= 0.6 is 22.7 Å². The predicted octanol–water partition coefficient (Wildman–Crippen LogP) is 4.73. The molecule has 1 aromatic carbocycles. The second-order valence-electron chi connectivity index (χ2n) is 5.54. The van der Waals surface area contributed by atoms with Crippen LogP contribution in [0.25, 0.3) is 22.0 Å². The minimum absolute atomic E-state index is 0.126. The number of hydrogen-bond acceptors (Lipinski definition) is 8. The van der Waals surface area contributed by atoms with E-state index >= 15 is 0 Å². The van der Waals surface area contributed by atoms with Gasteiger partial charge in [-0.25, -0.2) is 14.2 Å². The molecule has 4 rings (SSSR count). The van der Waals surface area contributed by atoms with Crippen LogP contribution in [0.2, 0.25) is 0 Å². The van der Waals surface area contributed by atoms with E-state index in [4.69, 9.17) is 9.26 Å². The van der Waals surface area contributed by atoms with E-state index in [-0.39, 0.29) is 18.3 Å². The minimum atomic E-state index is -0.520. The van der Waals surface area contributed by atoms with E-state index in [0.717, 1.165) is 11.1 Å². The largest absolute Gasteiger partial charge is 0.451 e. The second kappa shape index (κ2) is 7.37. The van der Waals surface area contributed by atoms with Gasteiger partial charge in [0.05, 0.1) is 5.69 Å². The number of carbonyl (C=O) groups excluding carboxylic acids is 1. The van der Waals surface area contributed by atoms with Crippen molar-refractivity contribution in [3.63, 3.8) is 0 Å². The summed E-state index contributed by atoms with van der Waals surface area (Å²) in [5.41, 5.74) is 2.14. The first-order chi connectivity index (χ1) is 13.1. The smallest absolute Gasteiger partial charge is 0.350 e. The van der Waals surface area contributed by atoms with Gasteiger partial charge in [-0.05, 0) is 42.6 Å². The lowest BCUT2D eigenvalue weighted by molar-refractivity contribution is 0.0434. The Morgan fingerprint density at radius 1 is 1.19 bits per heavy atom. The highest BCUT2D eigenvalue weighted by Gasteiger charge is 2.19. The summed E-state index contributed by atoms with van der Waals surface area (Å²) < 4.78 is 23.4. The van der Waals surface area contributed by atoms with Crippen molar-refractivity contribution in [3.05, 3.63) is 63.4 Å². The third kappa shape index (κ3) is 3.79. The monoisotopic (exact) mass is 401 g/mol. The molecule has 0 amide bonds. The average molecular weight is 401 g/mol. The molecule has 136 valence electrons. The molecule has 4 aromatic rings. The van der Waals surface area contributed by atoms with E-state index in [1.165, 1.54) is 34.8 Å². The maximum absolute atomic E-state index is 13.1. The van der Waals surface area contributed by atoms with Gasteiger partial charge in [0.15, 0.2) is 6.61 Å². The number of aromatic nitrogens is 3. The van der Waals surface area contributed by atoms with Gasteiger partial charge in [-0.15, -0.1) is 11.3 Å². The topological polar surface area (TPSA) is 78.1 Å². The number of carbonyl (C=O) groups is 1. The first-order valence-electron chi connectivity index (χ1n) is 7.86. The van der Waals surface area contributed by atoms with Crippen LogP contribution in [0.4, 0.5) is 4.39 Å². The molecule has 0 bridgehead atoms. The fourth-order valence-electron chi connectivity index (χ4n) is 2.32. The van der Waals surface area contributed by atoms with Crippen LogP contribution in [0.3, 0.4) is 0 Å². The van der Waals surface area contributed by atoms with Crippen molar-refractivity contribution >= 4 is 28.6 Å².